The largest absolute Gasteiger partial charge is 0.392 e. The van der Waals surface area contributed by atoms with Gasteiger partial charge in [0, 0.05) is 43.0 Å². The highest BCUT2D eigenvalue weighted by Gasteiger charge is 2.54. The molecule has 4 rings (SSSR count). The molecule has 0 radical (unpaired) electrons. The Morgan fingerprint density at radius 3 is 2.52 bits per heavy atom. The second-order valence-electron chi connectivity index (χ2n) is 10.4. The monoisotopic (exact) mass is 427 g/mol. The van der Waals surface area contributed by atoms with E-state index >= 15 is 0 Å². The molecule has 0 aromatic carbocycles. The van der Waals surface area contributed by atoms with Gasteiger partial charge in [-0.3, -0.25) is 14.6 Å². The third-order valence-electron chi connectivity index (χ3n) is 8.60. The Balaban J connectivity index is 1.48. The Morgan fingerprint density at radius 2 is 1.84 bits per heavy atom. The number of amides is 2. The van der Waals surface area contributed by atoms with E-state index in [-0.39, 0.29) is 46.9 Å². The van der Waals surface area contributed by atoms with Crippen LogP contribution in [0.3, 0.4) is 0 Å². The first kappa shape index (κ1) is 22.3. The number of nitrogens with zero attached hydrogens (tertiary/aromatic N) is 2. The molecule has 31 heavy (non-hydrogen) atoms. The fourth-order valence-electron chi connectivity index (χ4n) is 6.66. The first-order valence-corrected chi connectivity index (χ1v) is 12.0. The van der Waals surface area contributed by atoms with Gasteiger partial charge in [0.05, 0.1) is 6.10 Å². The predicted molar refractivity (Wildman–Crippen MR) is 119 cm³/mol. The Hall–Kier alpha value is -1.95. The van der Waals surface area contributed by atoms with Crippen molar-refractivity contribution in [1.82, 2.24) is 15.2 Å². The number of pyridine rings is 1. The van der Waals surface area contributed by atoms with Crippen LogP contribution in [0.1, 0.15) is 69.7 Å². The summed E-state index contributed by atoms with van der Waals surface area (Å²) in [6, 6.07) is 3.48. The maximum Gasteiger partial charge on any atom is 0.251 e. The number of likely N-dealkylation sites (tertiary alicyclic amines) is 1. The molecule has 2 amide bonds. The second kappa shape index (κ2) is 8.89. The number of rotatable bonds is 4. The highest BCUT2D eigenvalue weighted by Crippen LogP contribution is 2.55. The lowest BCUT2D eigenvalue weighted by Gasteiger charge is -2.56. The Bertz CT molecular complexity index is 794. The van der Waals surface area contributed by atoms with Crippen molar-refractivity contribution >= 4 is 11.8 Å². The SMILES string of the molecule is C[C@@H]1[C@@H]2[C@@H](O)[C@@H]([C@H](C)C(=O)N3CCCC3)CC[C@]2(C)CC[C@@H]1NC(=O)c1ccncc1. The molecule has 6 nitrogen and oxygen atoms in total. The second-order valence-corrected chi connectivity index (χ2v) is 10.4. The third-order valence-corrected chi connectivity index (χ3v) is 8.60. The summed E-state index contributed by atoms with van der Waals surface area (Å²) in [6.45, 7) is 8.17. The molecule has 2 N–H and O–H groups in total. The normalized spacial score (nSPS) is 36.5. The third kappa shape index (κ3) is 4.23. The van der Waals surface area contributed by atoms with Crippen LogP contribution in [0.2, 0.25) is 0 Å². The molecule has 170 valence electrons. The van der Waals surface area contributed by atoms with E-state index in [1.165, 1.54) is 0 Å². The van der Waals surface area contributed by atoms with E-state index in [9.17, 15) is 14.7 Å². The van der Waals surface area contributed by atoms with Crippen LogP contribution in [0.5, 0.6) is 0 Å². The number of hydrogen-bond acceptors (Lipinski definition) is 4. The highest BCUT2D eigenvalue weighted by molar-refractivity contribution is 5.94. The number of aliphatic hydroxyl groups is 1. The van der Waals surface area contributed by atoms with Gasteiger partial charge in [-0.15, -0.1) is 0 Å². The minimum atomic E-state index is -0.518. The van der Waals surface area contributed by atoms with Crippen molar-refractivity contribution in [1.29, 1.82) is 0 Å². The van der Waals surface area contributed by atoms with Crippen LogP contribution < -0.4 is 5.32 Å². The van der Waals surface area contributed by atoms with Gasteiger partial charge in [0.2, 0.25) is 5.91 Å². The molecule has 2 heterocycles. The highest BCUT2D eigenvalue weighted by atomic mass is 16.3. The van der Waals surface area contributed by atoms with Crippen molar-refractivity contribution in [2.24, 2.45) is 29.1 Å². The lowest BCUT2D eigenvalue weighted by molar-refractivity contribution is -0.149. The number of aromatic nitrogens is 1. The summed E-state index contributed by atoms with van der Waals surface area (Å²) < 4.78 is 0. The topological polar surface area (TPSA) is 82.5 Å². The van der Waals surface area contributed by atoms with Crippen LogP contribution in [0.4, 0.5) is 0 Å². The summed E-state index contributed by atoms with van der Waals surface area (Å²) in [5.41, 5.74) is 0.673. The average Bonchev–Trinajstić information content (AvgIpc) is 3.30. The Kier molecular flexibility index (Phi) is 6.38. The summed E-state index contributed by atoms with van der Waals surface area (Å²) in [7, 11) is 0. The number of aliphatic hydroxyl groups excluding tert-OH is 1. The van der Waals surface area contributed by atoms with Crippen LogP contribution in [0, 0.1) is 29.1 Å². The van der Waals surface area contributed by atoms with Gasteiger partial charge in [0.25, 0.3) is 5.91 Å². The lowest BCUT2D eigenvalue weighted by Crippen LogP contribution is -2.58. The van der Waals surface area contributed by atoms with E-state index in [4.69, 9.17) is 0 Å². The first-order chi connectivity index (χ1) is 14.8. The zero-order valence-corrected chi connectivity index (χ0v) is 19.1. The Morgan fingerprint density at radius 1 is 1.19 bits per heavy atom. The van der Waals surface area contributed by atoms with E-state index in [1.54, 1.807) is 24.5 Å². The minimum Gasteiger partial charge on any atom is -0.392 e. The molecule has 6 heteroatoms. The van der Waals surface area contributed by atoms with E-state index in [2.05, 4.69) is 24.1 Å². The summed E-state index contributed by atoms with van der Waals surface area (Å²) in [4.78, 5) is 31.7. The van der Waals surface area contributed by atoms with Crippen LogP contribution in [-0.4, -0.2) is 52.0 Å². The smallest absolute Gasteiger partial charge is 0.251 e. The number of carbonyl (C=O) groups is 2. The summed E-state index contributed by atoms with van der Waals surface area (Å²) >= 11 is 0. The zero-order chi connectivity index (χ0) is 22.2. The number of nitrogens with one attached hydrogen (secondary N) is 1. The van der Waals surface area contributed by atoms with Gasteiger partial charge in [-0.25, -0.2) is 0 Å². The zero-order valence-electron chi connectivity index (χ0n) is 19.1. The van der Waals surface area contributed by atoms with Gasteiger partial charge in [0.1, 0.15) is 0 Å². The Labute approximate surface area is 185 Å². The van der Waals surface area contributed by atoms with Gasteiger partial charge in [-0.2, -0.15) is 0 Å². The van der Waals surface area contributed by atoms with Gasteiger partial charge >= 0.3 is 0 Å². The van der Waals surface area contributed by atoms with Crippen LogP contribution in [0.15, 0.2) is 24.5 Å². The van der Waals surface area contributed by atoms with Gasteiger partial charge < -0.3 is 15.3 Å². The van der Waals surface area contributed by atoms with Crippen LogP contribution in [-0.2, 0) is 4.79 Å². The molecule has 0 bridgehead atoms. The summed E-state index contributed by atoms with van der Waals surface area (Å²) in [5.74, 6) is 0.186. The minimum absolute atomic E-state index is 0.0109. The van der Waals surface area contributed by atoms with Gasteiger partial charge in [0.15, 0.2) is 0 Å². The van der Waals surface area contributed by atoms with Gasteiger partial charge in [-0.1, -0.05) is 20.8 Å². The van der Waals surface area contributed by atoms with Crippen molar-refractivity contribution in [2.75, 3.05) is 13.1 Å². The summed E-state index contributed by atoms with van der Waals surface area (Å²) in [6.07, 6.45) is 8.75. The molecule has 2 aliphatic carbocycles. The molecule has 1 saturated heterocycles. The molecule has 1 aromatic rings. The molecule has 1 aliphatic heterocycles. The predicted octanol–water partition coefficient (Wildman–Crippen LogP) is 3.26. The van der Waals surface area contributed by atoms with Gasteiger partial charge in [-0.05, 0) is 73.8 Å². The number of hydrogen-bond donors (Lipinski definition) is 2. The van der Waals surface area contributed by atoms with E-state index in [0.717, 1.165) is 51.6 Å². The molecule has 0 spiro atoms. The fourth-order valence-corrected chi connectivity index (χ4v) is 6.66. The molecular formula is C25H37N3O3. The first-order valence-electron chi connectivity index (χ1n) is 12.0. The van der Waals surface area contributed by atoms with Crippen molar-refractivity contribution in [3.63, 3.8) is 0 Å². The standard InChI is InChI=1S/C25H37N3O3/c1-16(24(31)28-14-4-5-15-28)19-6-10-25(3)11-7-20(17(2)21(25)22(19)29)27-23(30)18-8-12-26-13-9-18/h8-9,12-13,16-17,19-22,29H,4-7,10-11,14-15H2,1-3H3,(H,27,30)/t16-,17-,19+,20-,21+,22-,25+/m0/s1. The molecular weight excluding hydrogens is 390 g/mol. The van der Waals surface area contributed by atoms with Crippen molar-refractivity contribution in [2.45, 2.75) is 71.4 Å². The van der Waals surface area contributed by atoms with E-state index in [1.807, 2.05) is 11.8 Å². The number of fused-ring (bicyclic) bond motifs is 1. The summed E-state index contributed by atoms with van der Waals surface area (Å²) in [5, 5.41) is 14.8. The van der Waals surface area contributed by atoms with Crippen molar-refractivity contribution < 1.29 is 14.7 Å². The lowest BCUT2D eigenvalue weighted by atomic mass is 9.51. The molecule has 3 fully saturated rings. The molecule has 3 aliphatic rings. The van der Waals surface area contributed by atoms with Crippen LogP contribution in [0.25, 0.3) is 0 Å². The van der Waals surface area contributed by atoms with Crippen molar-refractivity contribution in [3.05, 3.63) is 30.1 Å². The molecule has 7 atom stereocenters. The maximum absolute atomic E-state index is 13.0. The molecule has 2 saturated carbocycles. The quantitative estimate of drug-likeness (QED) is 0.773. The average molecular weight is 428 g/mol. The number of carbonyl (C=O) groups excluding carboxylic acids is 2. The molecule has 1 aromatic heterocycles. The van der Waals surface area contributed by atoms with Crippen LogP contribution >= 0.6 is 0 Å². The maximum atomic E-state index is 13.0. The van der Waals surface area contributed by atoms with E-state index < -0.39 is 6.10 Å². The fraction of sp³-hybridized carbons (Fsp3) is 0.720. The molecule has 0 unspecified atom stereocenters. The van der Waals surface area contributed by atoms with E-state index in [0.29, 0.717) is 5.56 Å². The van der Waals surface area contributed by atoms with Crippen molar-refractivity contribution in [3.8, 4) is 0 Å².